The first-order valence-electron chi connectivity index (χ1n) is 9.40. The largest absolute Gasteiger partial charge is 0.508 e. The van der Waals surface area contributed by atoms with Gasteiger partial charge in [0.05, 0.1) is 6.54 Å². The second-order valence-corrected chi connectivity index (χ2v) is 7.36. The number of piperazine rings is 1. The fourth-order valence-electron chi connectivity index (χ4n) is 3.14. The molecular formula is C21H26ClN3O3. The lowest BCUT2D eigenvalue weighted by molar-refractivity contribution is -0.132. The highest BCUT2D eigenvalue weighted by Crippen LogP contribution is 2.20. The minimum atomic E-state index is 0.138. The number of nitrogens with zero attached hydrogens (tertiary/aromatic N) is 3. The summed E-state index contributed by atoms with van der Waals surface area (Å²) in [5.41, 5.74) is 1.07. The van der Waals surface area contributed by atoms with E-state index in [1.807, 2.05) is 41.1 Å². The van der Waals surface area contributed by atoms with Crippen LogP contribution in [0.3, 0.4) is 0 Å². The first-order valence-corrected chi connectivity index (χ1v) is 9.78. The summed E-state index contributed by atoms with van der Waals surface area (Å²) in [7, 11) is 1.93. The van der Waals surface area contributed by atoms with Gasteiger partial charge in [-0.15, -0.1) is 0 Å². The van der Waals surface area contributed by atoms with E-state index in [0.29, 0.717) is 37.8 Å². The number of hydrogen-bond donors (Lipinski definition) is 1. The molecule has 0 bridgehead atoms. The molecule has 28 heavy (non-hydrogen) atoms. The summed E-state index contributed by atoms with van der Waals surface area (Å²) >= 11 is 5.86. The normalized spacial score (nSPS) is 14.4. The molecule has 0 aromatic heterocycles. The fourth-order valence-corrected chi connectivity index (χ4v) is 3.26. The monoisotopic (exact) mass is 403 g/mol. The second kappa shape index (κ2) is 9.66. The molecule has 1 heterocycles. The van der Waals surface area contributed by atoms with Gasteiger partial charge in [0.15, 0.2) is 0 Å². The van der Waals surface area contributed by atoms with Crippen molar-refractivity contribution in [1.82, 2.24) is 9.80 Å². The lowest BCUT2D eigenvalue weighted by Crippen LogP contribution is -2.51. The molecule has 0 atom stereocenters. The van der Waals surface area contributed by atoms with Crippen molar-refractivity contribution in [1.29, 1.82) is 0 Å². The minimum absolute atomic E-state index is 0.138. The second-order valence-electron chi connectivity index (χ2n) is 6.92. The van der Waals surface area contributed by atoms with Crippen LogP contribution >= 0.6 is 11.6 Å². The van der Waals surface area contributed by atoms with Crippen LogP contribution in [0.5, 0.6) is 11.5 Å². The van der Waals surface area contributed by atoms with E-state index in [9.17, 15) is 9.90 Å². The van der Waals surface area contributed by atoms with Gasteiger partial charge in [-0.05, 0) is 55.6 Å². The molecule has 0 aliphatic carbocycles. The van der Waals surface area contributed by atoms with E-state index in [-0.39, 0.29) is 11.7 Å². The van der Waals surface area contributed by atoms with Crippen LogP contribution < -0.4 is 9.64 Å². The molecule has 2 aromatic rings. The summed E-state index contributed by atoms with van der Waals surface area (Å²) in [5.74, 6) is 1.18. The van der Waals surface area contributed by atoms with Crippen molar-refractivity contribution < 1.29 is 14.6 Å². The van der Waals surface area contributed by atoms with Crippen LogP contribution in [-0.2, 0) is 4.79 Å². The topological polar surface area (TPSA) is 56.2 Å². The van der Waals surface area contributed by atoms with Gasteiger partial charge in [-0.1, -0.05) is 11.6 Å². The molecule has 0 spiro atoms. The van der Waals surface area contributed by atoms with Gasteiger partial charge >= 0.3 is 0 Å². The van der Waals surface area contributed by atoms with Crippen molar-refractivity contribution in [3.8, 4) is 11.5 Å². The quantitative estimate of drug-likeness (QED) is 0.770. The van der Waals surface area contributed by atoms with Gasteiger partial charge in [-0.3, -0.25) is 9.69 Å². The zero-order valence-electron chi connectivity index (χ0n) is 16.1. The highest BCUT2D eigenvalue weighted by atomic mass is 35.5. The summed E-state index contributed by atoms with van der Waals surface area (Å²) in [6, 6.07) is 14.4. The molecule has 1 aliphatic heterocycles. The molecule has 3 rings (SSSR count). The minimum Gasteiger partial charge on any atom is -0.508 e. The average molecular weight is 404 g/mol. The van der Waals surface area contributed by atoms with Gasteiger partial charge < -0.3 is 19.6 Å². The predicted molar refractivity (Wildman–Crippen MR) is 111 cm³/mol. The zero-order valence-corrected chi connectivity index (χ0v) is 16.8. The van der Waals surface area contributed by atoms with Crippen LogP contribution in [0.1, 0.15) is 0 Å². The fraction of sp³-hybridized carbons (Fsp3) is 0.381. The van der Waals surface area contributed by atoms with Gasteiger partial charge in [0.1, 0.15) is 18.1 Å². The molecule has 1 fully saturated rings. The number of carbonyl (C=O) groups excluding carboxylic acids is 1. The van der Waals surface area contributed by atoms with Crippen molar-refractivity contribution in [2.75, 3.05) is 57.8 Å². The number of hydrogen-bond acceptors (Lipinski definition) is 5. The number of phenols is 1. The van der Waals surface area contributed by atoms with Crippen molar-refractivity contribution >= 4 is 23.2 Å². The van der Waals surface area contributed by atoms with Gasteiger partial charge in [-0.2, -0.15) is 0 Å². The number of ether oxygens (including phenoxy) is 1. The lowest BCUT2D eigenvalue weighted by atomic mass is 10.2. The molecule has 6 nitrogen and oxygen atoms in total. The Morgan fingerprint density at radius 1 is 1.07 bits per heavy atom. The Morgan fingerprint density at radius 3 is 2.36 bits per heavy atom. The number of benzene rings is 2. The smallest absolute Gasteiger partial charge is 0.236 e. The van der Waals surface area contributed by atoms with E-state index in [0.717, 1.165) is 24.5 Å². The van der Waals surface area contributed by atoms with Crippen LogP contribution in [0.15, 0.2) is 48.5 Å². The average Bonchev–Trinajstić information content (AvgIpc) is 2.70. The maximum absolute atomic E-state index is 12.5. The number of rotatable bonds is 7. The summed E-state index contributed by atoms with van der Waals surface area (Å²) < 4.78 is 5.68. The summed E-state index contributed by atoms with van der Waals surface area (Å²) in [6.07, 6.45) is 0. The number of anilines is 1. The molecule has 1 saturated heterocycles. The highest BCUT2D eigenvalue weighted by Gasteiger charge is 2.22. The Morgan fingerprint density at radius 2 is 1.71 bits per heavy atom. The molecule has 1 aliphatic rings. The highest BCUT2D eigenvalue weighted by molar-refractivity contribution is 6.30. The van der Waals surface area contributed by atoms with E-state index in [1.54, 1.807) is 24.3 Å². The summed E-state index contributed by atoms with van der Waals surface area (Å²) in [6.45, 7) is 4.55. The first-order chi connectivity index (χ1) is 13.5. The van der Waals surface area contributed by atoms with E-state index >= 15 is 0 Å². The SMILES string of the molecule is CN(CCOc1ccc(Cl)cc1)CC(=O)N1CCN(c2ccc(O)cc2)CC1. The van der Waals surface area contributed by atoms with Crippen LogP contribution in [0.2, 0.25) is 5.02 Å². The van der Waals surface area contributed by atoms with E-state index in [1.165, 1.54) is 0 Å². The third-order valence-electron chi connectivity index (χ3n) is 4.81. The molecular weight excluding hydrogens is 378 g/mol. The third kappa shape index (κ3) is 5.78. The Kier molecular flexibility index (Phi) is 7.01. The molecule has 0 saturated carbocycles. The third-order valence-corrected chi connectivity index (χ3v) is 5.06. The summed E-state index contributed by atoms with van der Waals surface area (Å²) in [4.78, 5) is 18.7. The molecule has 150 valence electrons. The Bertz CT molecular complexity index is 759. The van der Waals surface area contributed by atoms with Crippen LogP contribution in [0.25, 0.3) is 0 Å². The molecule has 2 aromatic carbocycles. The number of halogens is 1. The molecule has 7 heteroatoms. The first kappa shape index (κ1) is 20.3. The molecule has 0 radical (unpaired) electrons. The van der Waals surface area contributed by atoms with Crippen LogP contribution in [0, 0.1) is 0 Å². The number of carbonyl (C=O) groups is 1. The van der Waals surface area contributed by atoms with Gasteiger partial charge in [0, 0.05) is 43.4 Å². The zero-order chi connectivity index (χ0) is 19.9. The lowest BCUT2D eigenvalue weighted by Gasteiger charge is -2.36. The maximum Gasteiger partial charge on any atom is 0.236 e. The Hall–Kier alpha value is -2.44. The molecule has 1 N–H and O–H groups in total. The summed E-state index contributed by atoms with van der Waals surface area (Å²) in [5, 5.41) is 10.1. The molecule has 1 amide bonds. The number of likely N-dealkylation sites (N-methyl/N-ethyl adjacent to an activating group) is 1. The number of amides is 1. The van der Waals surface area contributed by atoms with Gasteiger partial charge in [0.2, 0.25) is 5.91 Å². The number of aromatic hydroxyl groups is 1. The van der Waals surface area contributed by atoms with E-state index < -0.39 is 0 Å². The molecule has 0 unspecified atom stereocenters. The van der Waals surface area contributed by atoms with Gasteiger partial charge in [0.25, 0.3) is 0 Å². The van der Waals surface area contributed by atoms with Gasteiger partial charge in [-0.25, -0.2) is 0 Å². The predicted octanol–water partition coefficient (Wildman–Crippen LogP) is 2.71. The van der Waals surface area contributed by atoms with Crippen molar-refractivity contribution in [3.05, 3.63) is 53.6 Å². The Labute approximate surface area is 170 Å². The van der Waals surface area contributed by atoms with Crippen LogP contribution in [-0.4, -0.2) is 73.7 Å². The van der Waals surface area contributed by atoms with Crippen molar-refractivity contribution in [3.63, 3.8) is 0 Å². The van der Waals surface area contributed by atoms with Crippen LogP contribution in [0.4, 0.5) is 5.69 Å². The Balaban J connectivity index is 1.37. The van der Waals surface area contributed by atoms with E-state index in [4.69, 9.17) is 16.3 Å². The van der Waals surface area contributed by atoms with Crippen molar-refractivity contribution in [2.45, 2.75) is 0 Å². The maximum atomic E-state index is 12.5. The van der Waals surface area contributed by atoms with E-state index in [2.05, 4.69) is 4.90 Å². The number of phenolic OH excluding ortho intramolecular Hbond substituents is 1. The van der Waals surface area contributed by atoms with Crippen molar-refractivity contribution in [2.24, 2.45) is 0 Å². The standard InChI is InChI=1S/C21H26ClN3O3/c1-23(14-15-28-20-8-2-17(22)3-9-20)16-21(27)25-12-10-24(11-13-25)18-4-6-19(26)7-5-18/h2-9,26H,10-16H2,1H3.